The van der Waals surface area contributed by atoms with Crippen molar-refractivity contribution in [2.24, 2.45) is 0 Å². The van der Waals surface area contributed by atoms with Gasteiger partial charge in [-0.1, -0.05) is 29.8 Å². The van der Waals surface area contributed by atoms with E-state index in [1.807, 2.05) is 0 Å². The molecular weight excluding hydrogens is 397 g/mol. The highest BCUT2D eigenvalue weighted by Gasteiger charge is 2.29. The van der Waals surface area contributed by atoms with E-state index in [2.05, 4.69) is 32.6 Å². The molecule has 1 aliphatic carbocycles. The summed E-state index contributed by atoms with van der Waals surface area (Å²) in [4.78, 5) is 8.73. The zero-order valence-electron chi connectivity index (χ0n) is 10.3. The monoisotopic (exact) mass is 406 g/mol. The molecule has 0 amide bonds. The van der Waals surface area contributed by atoms with Crippen LogP contribution in [0, 0.1) is 3.57 Å². The summed E-state index contributed by atoms with van der Waals surface area (Å²) in [6.45, 7) is 0. The van der Waals surface area contributed by atoms with Gasteiger partial charge < -0.3 is 0 Å². The molecule has 1 aliphatic rings. The first-order valence-corrected chi connectivity index (χ1v) is 7.63. The zero-order valence-corrected chi connectivity index (χ0v) is 13.2. The Kier molecular flexibility index (Phi) is 3.90. The van der Waals surface area contributed by atoms with Gasteiger partial charge in [-0.25, -0.2) is 18.7 Å². The van der Waals surface area contributed by atoms with E-state index in [1.54, 1.807) is 12.1 Å². The molecule has 0 spiro atoms. The van der Waals surface area contributed by atoms with Crippen molar-refractivity contribution in [3.05, 3.63) is 44.2 Å². The Hall–Kier alpha value is -0.820. The van der Waals surface area contributed by atoms with Gasteiger partial charge in [0.15, 0.2) is 5.82 Å². The number of halogens is 4. The molecule has 1 heterocycles. The molecule has 1 aromatic carbocycles. The van der Waals surface area contributed by atoms with Crippen LogP contribution in [0.4, 0.5) is 8.78 Å². The first-order valence-electron chi connectivity index (χ1n) is 6.17. The Labute approximate surface area is 133 Å². The SMILES string of the molecule is FC(F)c1cccc(-c2nc(Cl)c(I)c(C3CC3)n2)c1. The molecule has 0 bridgehead atoms. The Morgan fingerprint density at radius 1 is 1.25 bits per heavy atom. The van der Waals surface area contributed by atoms with Crippen LogP contribution in [0.15, 0.2) is 24.3 Å². The molecule has 0 saturated heterocycles. The lowest BCUT2D eigenvalue weighted by atomic mass is 10.1. The summed E-state index contributed by atoms with van der Waals surface area (Å²) in [5.41, 5.74) is 1.47. The lowest BCUT2D eigenvalue weighted by molar-refractivity contribution is 0.151. The molecule has 2 aromatic rings. The number of aromatic nitrogens is 2. The molecule has 104 valence electrons. The van der Waals surface area contributed by atoms with Gasteiger partial charge in [0.05, 0.1) is 9.26 Å². The lowest BCUT2D eigenvalue weighted by Gasteiger charge is -2.08. The molecular formula is C14H10ClF2IN2. The maximum atomic E-state index is 12.8. The summed E-state index contributed by atoms with van der Waals surface area (Å²) < 4.78 is 26.4. The molecule has 0 unspecified atom stereocenters. The van der Waals surface area contributed by atoms with Crippen LogP contribution in [-0.4, -0.2) is 9.97 Å². The highest BCUT2D eigenvalue weighted by molar-refractivity contribution is 14.1. The number of nitrogens with zero attached hydrogens (tertiary/aromatic N) is 2. The van der Waals surface area contributed by atoms with Crippen molar-refractivity contribution in [2.75, 3.05) is 0 Å². The average molecular weight is 407 g/mol. The molecule has 20 heavy (non-hydrogen) atoms. The van der Waals surface area contributed by atoms with Crippen LogP contribution in [0.1, 0.15) is 36.4 Å². The Morgan fingerprint density at radius 2 is 2.00 bits per heavy atom. The number of alkyl halides is 2. The number of hydrogen-bond acceptors (Lipinski definition) is 2. The third-order valence-electron chi connectivity index (χ3n) is 3.20. The molecule has 1 saturated carbocycles. The molecule has 1 fully saturated rings. The van der Waals surface area contributed by atoms with Crippen molar-refractivity contribution in [2.45, 2.75) is 25.2 Å². The van der Waals surface area contributed by atoms with E-state index >= 15 is 0 Å². The molecule has 0 aliphatic heterocycles. The maximum Gasteiger partial charge on any atom is 0.263 e. The topological polar surface area (TPSA) is 25.8 Å². The quantitative estimate of drug-likeness (QED) is 0.516. The van der Waals surface area contributed by atoms with Crippen molar-refractivity contribution in [3.8, 4) is 11.4 Å². The second kappa shape index (κ2) is 5.52. The van der Waals surface area contributed by atoms with Gasteiger partial charge in [-0.3, -0.25) is 0 Å². The fraction of sp³-hybridized carbons (Fsp3) is 0.286. The predicted molar refractivity (Wildman–Crippen MR) is 82.1 cm³/mol. The zero-order chi connectivity index (χ0) is 14.3. The Morgan fingerprint density at radius 3 is 2.65 bits per heavy atom. The van der Waals surface area contributed by atoms with E-state index in [0.717, 1.165) is 22.1 Å². The normalized spacial score (nSPS) is 14.8. The summed E-state index contributed by atoms with van der Waals surface area (Å²) in [5, 5.41) is 0.389. The van der Waals surface area contributed by atoms with E-state index in [4.69, 9.17) is 11.6 Å². The van der Waals surface area contributed by atoms with Crippen LogP contribution in [0.3, 0.4) is 0 Å². The van der Waals surface area contributed by atoms with Crippen molar-refractivity contribution in [1.29, 1.82) is 0 Å². The molecule has 2 nitrogen and oxygen atoms in total. The summed E-state index contributed by atoms with van der Waals surface area (Å²) in [6.07, 6.45) is -0.308. The van der Waals surface area contributed by atoms with Gasteiger partial charge in [0.2, 0.25) is 0 Å². The van der Waals surface area contributed by atoms with E-state index in [1.165, 1.54) is 12.1 Å². The van der Waals surface area contributed by atoms with Gasteiger partial charge in [0.25, 0.3) is 6.43 Å². The number of hydrogen-bond donors (Lipinski definition) is 0. The fourth-order valence-electron chi connectivity index (χ4n) is 2.01. The largest absolute Gasteiger partial charge is 0.263 e. The smallest absolute Gasteiger partial charge is 0.232 e. The van der Waals surface area contributed by atoms with Crippen LogP contribution >= 0.6 is 34.2 Å². The van der Waals surface area contributed by atoms with E-state index in [-0.39, 0.29) is 5.56 Å². The van der Waals surface area contributed by atoms with Crippen molar-refractivity contribution in [1.82, 2.24) is 9.97 Å². The molecule has 0 N–H and O–H groups in total. The highest BCUT2D eigenvalue weighted by atomic mass is 127. The third-order valence-corrected chi connectivity index (χ3v) is 4.85. The summed E-state index contributed by atoms with van der Waals surface area (Å²) in [7, 11) is 0. The van der Waals surface area contributed by atoms with Gasteiger partial charge in [0.1, 0.15) is 5.15 Å². The van der Waals surface area contributed by atoms with Crippen LogP contribution in [0.2, 0.25) is 5.15 Å². The highest BCUT2D eigenvalue weighted by Crippen LogP contribution is 2.42. The van der Waals surface area contributed by atoms with Crippen molar-refractivity contribution < 1.29 is 8.78 Å². The minimum Gasteiger partial charge on any atom is -0.232 e. The van der Waals surface area contributed by atoms with Crippen LogP contribution in [-0.2, 0) is 0 Å². The maximum absolute atomic E-state index is 12.8. The molecule has 1 aromatic heterocycles. The van der Waals surface area contributed by atoms with Crippen LogP contribution in [0.25, 0.3) is 11.4 Å². The first kappa shape index (κ1) is 14.1. The predicted octanol–water partition coefficient (Wildman–Crippen LogP) is 5.22. The minimum atomic E-state index is -2.50. The van der Waals surface area contributed by atoms with Crippen molar-refractivity contribution in [3.63, 3.8) is 0 Å². The van der Waals surface area contributed by atoms with Crippen LogP contribution in [0.5, 0.6) is 0 Å². The Bertz CT molecular complexity index is 660. The number of rotatable bonds is 3. The third kappa shape index (κ3) is 2.79. The molecule has 0 atom stereocenters. The van der Waals surface area contributed by atoms with Gasteiger partial charge in [0, 0.05) is 17.0 Å². The van der Waals surface area contributed by atoms with Gasteiger partial charge in [-0.2, -0.15) is 0 Å². The molecule has 3 rings (SSSR count). The van der Waals surface area contributed by atoms with Gasteiger partial charge >= 0.3 is 0 Å². The average Bonchev–Trinajstić information content (AvgIpc) is 3.26. The molecule has 6 heteroatoms. The van der Waals surface area contributed by atoms with E-state index in [9.17, 15) is 8.78 Å². The lowest BCUT2D eigenvalue weighted by Crippen LogP contribution is -2.00. The summed E-state index contributed by atoms with van der Waals surface area (Å²) >= 11 is 8.27. The molecule has 0 radical (unpaired) electrons. The van der Waals surface area contributed by atoms with Gasteiger partial charge in [-0.05, 0) is 41.5 Å². The number of benzene rings is 1. The first-order chi connectivity index (χ1) is 9.56. The Balaban J connectivity index is 2.07. The standard InChI is InChI=1S/C14H10ClF2IN2/c15-12-10(18)11(7-4-5-7)19-14(20-12)9-3-1-2-8(6-9)13(16)17/h1-3,6-7,13H,4-5H2. The van der Waals surface area contributed by atoms with E-state index in [0.29, 0.717) is 22.5 Å². The van der Waals surface area contributed by atoms with E-state index < -0.39 is 6.43 Å². The second-order valence-corrected chi connectivity index (χ2v) is 6.17. The fourth-order valence-corrected chi connectivity index (χ4v) is 2.86. The van der Waals surface area contributed by atoms with Crippen molar-refractivity contribution >= 4 is 34.2 Å². The second-order valence-electron chi connectivity index (χ2n) is 4.74. The van der Waals surface area contributed by atoms with Crippen LogP contribution < -0.4 is 0 Å². The summed E-state index contributed by atoms with van der Waals surface area (Å²) in [6, 6.07) is 6.12. The van der Waals surface area contributed by atoms with Gasteiger partial charge in [-0.15, -0.1) is 0 Å². The minimum absolute atomic E-state index is 0.0336. The summed E-state index contributed by atoms with van der Waals surface area (Å²) in [5.74, 6) is 0.847.